The van der Waals surface area contributed by atoms with E-state index in [4.69, 9.17) is 4.74 Å². The number of anilines is 1. The van der Waals surface area contributed by atoms with E-state index in [-0.39, 0.29) is 0 Å². The molecule has 0 radical (unpaired) electrons. The van der Waals surface area contributed by atoms with Gasteiger partial charge in [-0.05, 0) is 31.9 Å². The Morgan fingerprint density at radius 1 is 1.28 bits per heavy atom. The highest BCUT2D eigenvalue weighted by Gasteiger charge is 2.31. The first-order chi connectivity index (χ1) is 8.74. The fraction of sp³-hybridized carbons (Fsp3) is 0.600. The molecule has 3 heteroatoms. The van der Waals surface area contributed by atoms with Crippen LogP contribution in [0.4, 0.5) is 5.69 Å². The molecule has 0 aromatic heterocycles. The number of nitrogens with one attached hydrogen (secondary N) is 1. The Hall–Kier alpha value is -1.06. The minimum absolute atomic E-state index is 0.360. The zero-order valence-electron chi connectivity index (χ0n) is 11.2. The summed E-state index contributed by atoms with van der Waals surface area (Å²) in [7, 11) is 0. The van der Waals surface area contributed by atoms with Gasteiger partial charge in [0.2, 0.25) is 0 Å². The van der Waals surface area contributed by atoms with Crippen molar-refractivity contribution in [3.63, 3.8) is 0 Å². The van der Waals surface area contributed by atoms with Gasteiger partial charge in [-0.15, -0.1) is 0 Å². The first kappa shape index (κ1) is 12.0. The second-order valence-electron chi connectivity index (χ2n) is 5.59. The quantitative estimate of drug-likeness (QED) is 0.821. The molecule has 2 aliphatic rings. The largest absolute Gasteiger partial charge is 0.383 e. The lowest BCUT2D eigenvalue weighted by molar-refractivity contribution is -0.0643. The fourth-order valence-corrected chi connectivity index (χ4v) is 3.10. The van der Waals surface area contributed by atoms with Gasteiger partial charge in [0.1, 0.15) is 0 Å². The van der Waals surface area contributed by atoms with Crippen LogP contribution >= 0.6 is 0 Å². The molecule has 18 heavy (non-hydrogen) atoms. The molecule has 0 spiro atoms. The topological polar surface area (TPSA) is 24.5 Å². The highest BCUT2D eigenvalue weighted by molar-refractivity contribution is 5.53. The van der Waals surface area contributed by atoms with Crippen LogP contribution in [0, 0.1) is 0 Å². The van der Waals surface area contributed by atoms with Crippen molar-refractivity contribution in [2.24, 2.45) is 0 Å². The smallest absolute Gasteiger partial charge is 0.0674 e. The van der Waals surface area contributed by atoms with Gasteiger partial charge < -0.3 is 10.1 Å². The van der Waals surface area contributed by atoms with Crippen LogP contribution in [0.1, 0.15) is 19.4 Å². The fourth-order valence-electron chi connectivity index (χ4n) is 3.10. The molecule has 3 unspecified atom stereocenters. The summed E-state index contributed by atoms with van der Waals surface area (Å²) >= 11 is 0. The Morgan fingerprint density at radius 3 is 3.00 bits per heavy atom. The minimum atomic E-state index is 0.360. The van der Waals surface area contributed by atoms with Gasteiger partial charge in [0, 0.05) is 30.9 Å². The van der Waals surface area contributed by atoms with Crippen molar-refractivity contribution in [2.45, 2.75) is 38.5 Å². The number of hydrogen-bond acceptors (Lipinski definition) is 3. The van der Waals surface area contributed by atoms with E-state index < -0.39 is 0 Å². The molecule has 1 aromatic carbocycles. The Kier molecular flexibility index (Phi) is 3.27. The van der Waals surface area contributed by atoms with E-state index in [1.54, 1.807) is 0 Å². The van der Waals surface area contributed by atoms with Gasteiger partial charge in [0.15, 0.2) is 0 Å². The first-order valence-corrected chi connectivity index (χ1v) is 6.93. The van der Waals surface area contributed by atoms with E-state index in [2.05, 4.69) is 48.3 Å². The zero-order chi connectivity index (χ0) is 12.5. The summed E-state index contributed by atoms with van der Waals surface area (Å²) < 4.78 is 5.72. The minimum Gasteiger partial charge on any atom is -0.383 e. The Balaban J connectivity index is 1.75. The van der Waals surface area contributed by atoms with Crippen molar-refractivity contribution in [3.05, 3.63) is 29.8 Å². The van der Waals surface area contributed by atoms with Crippen LogP contribution in [0.15, 0.2) is 24.3 Å². The molecule has 1 aromatic rings. The number of morpholine rings is 1. The average Bonchev–Trinajstić information content (AvgIpc) is 2.41. The summed E-state index contributed by atoms with van der Waals surface area (Å²) in [6.45, 7) is 7.40. The SMILES string of the molecule is CC1CN(C2CNc3ccccc3C2)C(C)CO1. The normalized spacial score (nSPS) is 32.7. The van der Waals surface area contributed by atoms with E-state index in [1.165, 1.54) is 11.3 Å². The molecule has 0 amide bonds. The lowest BCUT2D eigenvalue weighted by Crippen LogP contribution is -2.55. The van der Waals surface area contributed by atoms with Crippen LogP contribution in [0.5, 0.6) is 0 Å². The van der Waals surface area contributed by atoms with Gasteiger partial charge in [-0.25, -0.2) is 0 Å². The second kappa shape index (κ2) is 4.90. The number of rotatable bonds is 1. The number of nitrogens with zero attached hydrogens (tertiary/aromatic N) is 1. The first-order valence-electron chi connectivity index (χ1n) is 6.93. The maximum Gasteiger partial charge on any atom is 0.0674 e. The summed E-state index contributed by atoms with van der Waals surface area (Å²) in [4.78, 5) is 2.61. The van der Waals surface area contributed by atoms with Gasteiger partial charge in [-0.1, -0.05) is 18.2 Å². The van der Waals surface area contributed by atoms with Crippen molar-refractivity contribution in [2.75, 3.05) is 25.0 Å². The van der Waals surface area contributed by atoms with Gasteiger partial charge >= 0.3 is 0 Å². The van der Waals surface area contributed by atoms with Gasteiger partial charge in [0.05, 0.1) is 12.7 Å². The third kappa shape index (κ3) is 2.25. The maximum atomic E-state index is 5.72. The molecule has 3 nitrogen and oxygen atoms in total. The van der Waals surface area contributed by atoms with Crippen molar-refractivity contribution in [1.29, 1.82) is 0 Å². The summed E-state index contributed by atoms with van der Waals surface area (Å²) in [5.41, 5.74) is 2.75. The molecular weight excluding hydrogens is 224 g/mol. The van der Waals surface area contributed by atoms with Crippen molar-refractivity contribution >= 4 is 5.69 Å². The highest BCUT2D eigenvalue weighted by atomic mass is 16.5. The number of ether oxygens (including phenoxy) is 1. The Labute approximate surface area is 109 Å². The molecule has 3 atom stereocenters. The molecular formula is C15H22N2O. The zero-order valence-corrected chi connectivity index (χ0v) is 11.2. The van der Waals surface area contributed by atoms with E-state index in [0.29, 0.717) is 18.2 Å². The molecule has 1 fully saturated rings. The van der Waals surface area contributed by atoms with Crippen molar-refractivity contribution in [1.82, 2.24) is 4.90 Å². The van der Waals surface area contributed by atoms with Crippen LogP contribution in [0.25, 0.3) is 0 Å². The van der Waals surface area contributed by atoms with E-state index >= 15 is 0 Å². The molecule has 98 valence electrons. The highest BCUT2D eigenvalue weighted by Crippen LogP contribution is 2.26. The molecule has 3 rings (SSSR count). The van der Waals surface area contributed by atoms with Gasteiger partial charge in [-0.2, -0.15) is 0 Å². The van der Waals surface area contributed by atoms with Crippen molar-refractivity contribution < 1.29 is 4.74 Å². The molecule has 0 saturated carbocycles. The number of benzene rings is 1. The molecule has 2 heterocycles. The van der Waals surface area contributed by atoms with Crippen molar-refractivity contribution in [3.8, 4) is 0 Å². The van der Waals surface area contributed by atoms with E-state index in [9.17, 15) is 0 Å². The van der Waals surface area contributed by atoms with Crippen LogP contribution < -0.4 is 5.32 Å². The standard InChI is InChI=1S/C15H22N2O/c1-11-10-18-12(2)9-17(11)14-7-13-5-3-4-6-15(13)16-8-14/h3-6,11-12,14,16H,7-10H2,1-2H3. The third-order valence-electron chi connectivity index (χ3n) is 4.13. The Bertz CT molecular complexity index is 421. The predicted octanol–water partition coefficient (Wildman–Crippen LogP) is 2.13. The van der Waals surface area contributed by atoms with Gasteiger partial charge in [-0.3, -0.25) is 4.90 Å². The number of para-hydroxylation sites is 1. The molecule has 2 aliphatic heterocycles. The molecule has 1 N–H and O–H groups in total. The summed E-state index contributed by atoms with van der Waals surface area (Å²) in [6, 6.07) is 9.78. The third-order valence-corrected chi connectivity index (χ3v) is 4.13. The molecule has 0 bridgehead atoms. The Morgan fingerprint density at radius 2 is 2.11 bits per heavy atom. The average molecular weight is 246 g/mol. The van der Waals surface area contributed by atoms with Crippen LogP contribution in [0.2, 0.25) is 0 Å². The molecule has 0 aliphatic carbocycles. The summed E-state index contributed by atoms with van der Waals surface area (Å²) in [5.74, 6) is 0. The number of fused-ring (bicyclic) bond motifs is 1. The van der Waals surface area contributed by atoms with Gasteiger partial charge in [0.25, 0.3) is 0 Å². The second-order valence-corrected chi connectivity index (χ2v) is 5.59. The monoisotopic (exact) mass is 246 g/mol. The maximum absolute atomic E-state index is 5.72. The lowest BCUT2D eigenvalue weighted by atomic mass is 9.97. The summed E-state index contributed by atoms with van der Waals surface area (Å²) in [6.07, 6.45) is 1.51. The van der Waals surface area contributed by atoms with E-state index in [0.717, 1.165) is 26.1 Å². The number of hydrogen-bond donors (Lipinski definition) is 1. The lowest BCUT2D eigenvalue weighted by Gasteiger charge is -2.43. The van der Waals surface area contributed by atoms with E-state index in [1.807, 2.05) is 0 Å². The summed E-state index contributed by atoms with van der Waals surface area (Å²) in [5, 5.41) is 3.56. The van der Waals surface area contributed by atoms with Crippen LogP contribution in [-0.2, 0) is 11.2 Å². The van der Waals surface area contributed by atoms with Crippen LogP contribution in [0.3, 0.4) is 0 Å². The molecule has 1 saturated heterocycles. The predicted molar refractivity (Wildman–Crippen MR) is 74.0 cm³/mol. The van der Waals surface area contributed by atoms with Crippen LogP contribution in [-0.4, -0.2) is 42.8 Å².